The lowest BCUT2D eigenvalue weighted by molar-refractivity contribution is -0.127. The molecule has 0 radical (unpaired) electrons. The number of rotatable bonds is 10. The average molecular weight is 370 g/mol. The van der Waals surface area contributed by atoms with Crippen molar-refractivity contribution in [1.29, 1.82) is 0 Å². The Labute approximate surface area is 159 Å². The monoisotopic (exact) mass is 370 g/mol. The Bertz CT molecular complexity index is 717. The molecule has 6 heteroatoms. The molecule has 3 N–H and O–H groups in total. The third-order valence-electron chi connectivity index (χ3n) is 4.05. The molecule has 0 bridgehead atoms. The molecule has 0 aliphatic heterocycles. The zero-order valence-electron chi connectivity index (χ0n) is 15.5. The van der Waals surface area contributed by atoms with Gasteiger partial charge in [-0.05, 0) is 31.0 Å². The number of carbonyl (C=O) groups excluding carboxylic acids is 2. The van der Waals surface area contributed by atoms with Crippen LogP contribution in [0.3, 0.4) is 0 Å². The lowest BCUT2D eigenvalue weighted by atomic mass is 9.99. The Hall–Kier alpha value is -2.86. The van der Waals surface area contributed by atoms with Gasteiger partial charge < -0.3 is 20.5 Å². The van der Waals surface area contributed by atoms with E-state index in [-0.39, 0.29) is 37.5 Å². The Kier molecular flexibility index (Phi) is 8.32. The van der Waals surface area contributed by atoms with Crippen molar-refractivity contribution in [3.05, 3.63) is 65.7 Å². The number of amides is 2. The van der Waals surface area contributed by atoms with E-state index in [1.54, 1.807) is 12.1 Å². The summed E-state index contributed by atoms with van der Waals surface area (Å²) < 4.78 is 5.31. The minimum absolute atomic E-state index is 0.0224. The average Bonchev–Trinajstić information content (AvgIpc) is 2.70. The Morgan fingerprint density at radius 3 is 2.37 bits per heavy atom. The topological polar surface area (TPSA) is 87.7 Å². The highest BCUT2D eigenvalue weighted by atomic mass is 16.5. The molecule has 0 spiro atoms. The van der Waals surface area contributed by atoms with Crippen LogP contribution in [-0.4, -0.2) is 43.2 Å². The van der Waals surface area contributed by atoms with E-state index in [0.717, 1.165) is 5.56 Å². The number of carbonyl (C=O) groups is 2. The number of nitrogens with one attached hydrogen (secondary N) is 2. The van der Waals surface area contributed by atoms with Gasteiger partial charge in [0, 0.05) is 19.1 Å². The molecule has 1 atom stereocenters. The van der Waals surface area contributed by atoms with Gasteiger partial charge in [-0.15, -0.1) is 0 Å². The van der Waals surface area contributed by atoms with Crippen molar-refractivity contribution in [1.82, 2.24) is 10.6 Å². The molecule has 0 fully saturated rings. The fraction of sp³-hybridized carbons (Fsp3) is 0.333. The van der Waals surface area contributed by atoms with Crippen molar-refractivity contribution in [2.75, 3.05) is 26.3 Å². The van der Waals surface area contributed by atoms with Crippen LogP contribution in [0.4, 0.5) is 0 Å². The molecule has 0 heterocycles. The predicted molar refractivity (Wildman–Crippen MR) is 103 cm³/mol. The van der Waals surface area contributed by atoms with Crippen LogP contribution in [0.2, 0.25) is 0 Å². The fourth-order valence-electron chi connectivity index (χ4n) is 2.47. The van der Waals surface area contributed by atoms with Crippen molar-refractivity contribution in [3.8, 4) is 5.75 Å². The number of hydrogen-bond acceptors (Lipinski definition) is 4. The molecular formula is C21H26N2O4. The summed E-state index contributed by atoms with van der Waals surface area (Å²) in [7, 11) is 0. The second-order valence-electron chi connectivity index (χ2n) is 6.42. The lowest BCUT2D eigenvalue weighted by Gasteiger charge is -2.15. The molecule has 0 aliphatic rings. The molecule has 2 amide bonds. The van der Waals surface area contributed by atoms with Gasteiger partial charge in [0.2, 0.25) is 5.91 Å². The third-order valence-corrected chi connectivity index (χ3v) is 4.05. The standard InChI is InChI=1S/C21H26N2O4/c1-16-7-9-17(10-8-16)11-18(14-24)12-22-20(25)13-23-21(26)15-27-19-5-3-2-4-6-19/h2-10,18,24H,11-15H2,1H3,(H,22,25)(H,23,26)/t18-/m0/s1. The van der Waals surface area contributed by atoms with Gasteiger partial charge in [-0.25, -0.2) is 0 Å². The van der Waals surface area contributed by atoms with E-state index in [0.29, 0.717) is 18.7 Å². The van der Waals surface area contributed by atoms with Gasteiger partial charge in [-0.2, -0.15) is 0 Å². The maximum atomic E-state index is 11.9. The van der Waals surface area contributed by atoms with Crippen LogP contribution in [-0.2, 0) is 16.0 Å². The number of benzene rings is 2. The van der Waals surface area contributed by atoms with Gasteiger partial charge in [0.05, 0.1) is 6.54 Å². The molecule has 2 aromatic carbocycles. The highest BCUT2D eigenvalue weighted by Crippen LogP contribution is 2.10. The third kappa shape index (κ3) is 7.92. The van der Waals surface area contributed by atoms with Crippen LogP contribution in [0, 0.1) is 12.8 Å². The molecule has 0 aromatic heterocycles. The molecule has 144 valence electrons. The van der Waals surface area contributed by atoms with Crippen LogP contribution in [0.1, 0.15) is 11.1 Å². The van der Waals surface area contributed by atoms with Gasteiger partial charge in [0.1, 0.15) is 5.75 Å². The summed E-state index contributed by atoms with van der Waals surface area (Å²) in [5.74, 6) is -0.148. The first-order valence-electron chi connectivity index (χ1n) is 8.94. The highest BCUT2D eigenvalue weighted by Gasteiger charge is 2.12. The van der Waals surface area contributed by atoms with E-state index in [9.17, 15) is 14.7 Å². The summed E-state index contributed by atoms with van der Waals surface area (Å²) in [6, 6.07) is 17.1. The quantitative estimate of drug-likeness (QED) is 0.591. The van der Waals surface area contributed by atoms with E-state index < -0.39 is 0 Å². The summed E-state index contributed by atoms with van der Waals surface area (Å²) in [4.78, 5) is 23.6. The van der Waals surface area contributed by atoms with Crippen molar-refractivity contribution >= 4 is 11.8 Å². The number of aliphatic hydroxyl groups is 1. The van der Waals surface area contributed by atoms with Crippen LogP contribution >= 0.6 is 0 Å². The van der Waals surface area contributed by atoms with Gasteiger partial charge >= 0.3 is 0 Å². The summed E-state index contributed by atoms with van der Waals surface area (Å²) in [6.45, 7) is 2.07. The van der Waals surface area contributed by atoms with Crippen molar-refractivity contribution in [2.45, 2.75) is 13.3 Å². The van der Waals surface area contributed by atoms with E-state index in [4.69, 9.17) is 4.74 Å². The van der Waals surface area contributed by atoms with Crippen molar-refractivity contribution in [2.24, 2.45) is 5.92 Å². The molecule has 2 rings (SSSR count). The normalized spacial score (nSPS) is 11.5. The largest absolute Gasteiger partial charge is 0.484 e. The van der Waals surface area contributed by atoms with E-state index >= 15 is 0 Å². The molecule has 0 unspecified atom stereocenters. The smallest absolute Gasteiger partial charge is 0.258 e. The first-order valence-corrected chi connectivity index (χ1v) is 8.94. The molecule has 0 saturated heterocycles. The first kappa shape index (κ1) is 20.5. The molecule has 2 aromatic rings. The van der Waals surface area contributed by atoms with E-state index in [1.165, 1.54) is 5.56 Å². The van der Waals surface area contributed by atoms with Crippen LogP contribution in [0.5, 0.6) is 5.75 Å². The lowest BCUT2D eigenvalue weighted by Crippen LogP contribution is -2.41. The molecular weight excluding hydrogens is 344 g/mol. The molecule has 27 heavy (non-hydrogen) atoms. The molecule has 6 nitrogen and oxygen atoms in total. The summed E-state index contributed by atoms with van der Waals surface area (Å²) in [5.41, 5.74) is 2.29. The summed E-state index contributed by atoms with van der Waals surface area (Å²) >= 11 is 0. The second kappa shape index (κ2) is 11.0. The van der Waals surface area contributed by atoms with Crippen LogP contribution in [0.25, 0.3) is 0 Å². The predicted octanol–water partition coefficient (Wildman–Crippen LogP) is 1.46. The highest BCUT2D eigenvalue weighted by molar-refractivity contribution is 5.85. The van der Waals surface area contributed by atoms with E-state index in [1.807, 2.05) is 49.4 Å². The van der Waals surface area contributed by atoms with Crippen LogP contribution in [0.15, 0.2) is 54.6 Å². The Balaban J connectivity index is 1.65. The number of hydrogen-bond donors (Lipinski definition) is 3. The molecule has 0 saturated carbocycles. The minimum atomic E-state index is -0.368. The summed E-state index contributed by atoms with van der Waals surface area (Å²) in [5, 5.41) is 14.8. The van der Waals surface area contributed by atoms with Gasteiger partial charge in [-0.3, -0.25) is 9.59 Å². The zero-order valence-corrected chi connectivity index (χ0v) is 15.5. The van der Waals surface area contributed by atoms with Gasteiger partial charge in [0.25, 0.3) is 5.91 Å². The van der Waals surface area contributed by atoms with Gasteiger partial charge in [-0.1, -0.05) is 48.0 Å². The fourth-order valence-corrected chi connectivity index (χ4v) is 2.47. The second-order valence-corrected chi connectivity index (χ2v) is 6.42. The first-order chi connectivity index (χ1) is 13.1. The maximum Gasteiger partial charge on any atom is 0.258 e. The number of ether oxygens (including phenoxy) is 1. The zero-order chi connectivity index (χ0) is 19.5. The number of aryl methyl sites for hydroxylation is 1. The Morgan fingerprint density at radius 2 is 1.70 bits per heavy atom. The van der Waals surface area contributed by atoms with Crippen molar-refractivity contribution in [3.63, 3.8) is 0 Å². The minimum Gasteiger partial charge on any atom is -0.484 e. The summed E-state index contributed by atoms with van der Waals surface area (Å²) in [6.07, 6.45) is 0.675. The number of para-hydroxylation sites is 1. The van der Waals surface area contributed by atoms with E-state index in [2.05, 4.69) is 10.6 Å². The van der Waals surface area contributed by atoms with Gasteiger partial charge in [0.15, 0.2) is 6.61 Å². The molecule has 0 aliphatic carbocycles. The maximum absolute atomic E-state index is 11.9. The number of aliphatic hydroxyl groups excluding tert-OH is 1. The van der Waals surface area contributed by atoms with Crippen molar-refractivity contribution < 1.29 is 19.4 Å². The SMILES string of the molecule is Cc1ccc(C[C@H](CO)CNC(=O)CNC(=O)COc2ccccc2)cc1. The van der Waals surface area contributed by atoms with Crippen LogP contribution < -0.4 is 15.4 Å². The Morgan fingerprint density at radius 1 is 1.00 bits per heavy atom.